The second-order valence-corrected chi connectivity index (χ2v) is 10.7. The largest absolute Gasteiger partial charge is 0.444 e. The zero-order chi connectivity index (χ0) is 24.3. The van der Waals surface area contributed by atoms with Crippen LogP contribution >= 0.6 is 11.3 Å². The Hall–Kier alpha value is -3.00. The molecule has 3 aromatic rings. The summed E-state index contributed by atoms with van der Waals surface area (Å²) in [5, 5.41) is 0.502. The number of pyridine rings is 1. The number of hydrogen-bond donors (Lipinski definition) is 0. The topological polar surface area (TPSA) is 75.6 Å². The van der Waals surface area contributed by atoms with E-state index in [1.165, 1.54) is 16.9 Å². The number of carbonyl (C=O) groups is 2. The van der Waals surface area contributed by atoms with Crippen LogP contribution in [0.25, 0.3) is 10.2 Å². The number of piperidine rings is 1. The average molecular weight is 481 g/mol. The number of rotatable bonds is 5. The summed E-state index contributed by atoms with van der Waals surface area (Å²) in [6.07, 6.45) is 5.55. The highest BCUT2D eigenvalue weighted by Gasteiger charge is 2.33. The summed E-state index contributed by atoms with van der Waals surface area (Å²) in [6.45, 7) is 9.29. The molecular formula is C26H32N4O3S. The van der Waals surface area contributed by atoms with Crippen LogP contribution in [0.15, 0.2) is 42.7 Å². The molecule has 1 aliphatic rings. The van der Waals surface area contributed by atoms with Crippen molar-refractivity contribution in [2.45, 2.75) is 65.1 Å². The molecule has 34 heavy (non-hydrogen) atoms. The van der Waals surface area contributed by atoms with Gasteiger partial charge in [0, 0.05) is 38.1 Å². The third kappa shape index (κ3) is 5.73. The SMILES string of the molecule is CCc1ccc2nc(C(=O)N(Cc3cccnc3)C3CCN(C(=O)OC(C)(C)C)CC3)sc2c1. The van der Waals surface area contributed by atoms with Gasteiger partial charge in [-0.1, -0.05) is 19.1 Å². The smallest absolute Gasteiger partial charge is 0.410 e. The fourth-order valence-electron chi connectivity index (χ4n) is 4.14. The summed E-state index contributed by atoms with van der Waals surface area (Å²) in [4.78, 5) is 38.7. The minimum absolute atomic E-state index is 0.00427. The van der Waals surface area contributed by atoms with Gasteiger partial charge in [-0.05, 0) is 69.4 Å². The number of carbonyl (C=O) groups excluding carboxylic acids is 2. The number of fused-ring (bicyclic) bond motifs is 1. The van der Waals surface area contributed by atoms with E-state index in [4.69, 9.17) is 4.74 Å². The number of thiazole rings is 1. The molecule has 2 aromatic heterocycles. The highest BCUT2D eigenvalue weighted by Crippen LogP contribution is 2.28. The van der Waals surface area contributed by atoms with E-state index in [2.05, 4.69) is 29.0 Å². The van der Waals surface area contributed by atoms with Crippen LogP contribution in [0.2, 0.25) is 0 Å². The molecule has 1 saturated heterocycles. The lowest BCUT2D eigenvalue weighted by Crippen LogP contribution is -2.49. The van der Waals surface area contributed by atoms with Crippen molar-refractivity contribution in [3.63, 3.8) is 0 Å². The Morgan fingerprint density at radius 3 is 2.59 bits per heavy atom. The van der Waals surface area contributed by atoms with E-state index in [0.29, 0.717) is 37.5 Å². The minimum atomic E-state index is -0.527. The van der Waals surface area contributed by atoms with Gasteiger partial charge in [-0.2, -0.15) is 0 Å². The molecule has 4 rings (SSSR count). The highest BCUT2D eigenvalue weighted by molar-refractivity contribution is 7.20. The first-order valence-electron chi connectivity index (χ1n) is 11.8. The third-order valence-electron chi connectivity index (χ3n) is 5.94. The van der Waals surface area contributed by atoms with E-state index in [-0.39, 0.29) is 18.0 Å². The number of ether oxygens (including phenoxy) is 1. The van der Waals surface area contributed by atoms with Gasteiger partial charge in [0.15, 0.2) is 5.01 Å². The van der Waals surface area contributed by atoms with Crippen LogP contribution in [0.1, 0.15) is 61.5 Å². The summed E-state index contributed by atoms with van der Waals surface area (Å²) in [7, 11) is 0. The van der Waals surface area contributed by atoms with Crippen molar-refractivity contribution < 1.29 is 14.3 Å². The molecule has 0 N–H and O–H groups in total. The lowest BCUT2D eigenvalue weighted by molar-refractivity contribution is 0.0141. The summed E-state index contributed by atoms with van der Waals surface area (Å²) in [6, 6.07) is 10.0. The van der Waals surface area contributed by atoms with Crippen molar-refractivity contribution in [2.75, 3.05) is 13.1 Å². The minimum Gasteiger partial charge on any atom is -0.444 e. The molecule has 7 nitrogen and oxygen atoms in total. The van der Waals surface area contributed by atoms with Gasteiger partial charge in [-0.3, -0.25) is 9.78 Å². The number of nitrogens with zero attached hydrogens (tertiary/aromatic N) is 4. The van der Waals surface area contributed by atoms with Crippen LogP contribution in [0.5, 0.6) is 0 Å². The van der Waals surface area contributed by atoms with Crippen LogP contribution in [-0.2, 0) is 17.7 Å². The Bertz CT molecular complexity index is 1150. The van der Waals surface area contributed by atoms with Crippen LogP contribution in [0, 0.1) is 0 Å². The quantitative estimate of drug-likeness (QED) is 0.496. The lowest BCUT2D eigenvalue weighted by atomic mass is 10.0. The first-order chi connectivity index (χ1) is 16.2. The molecule has 180 valence electrons. The molecule has 0 spiro atoms. The average Bonchev–Trinajstić information content (AvgIpc) is 3.25. The van der Waals surface area contributed by atoms with Crippen molar-refractivity contribution in [1.82, 2.24) is 19.8 Å². The molecule has 0 saturated carbocycles. The second-order valence-electron chi connectivity index (χ2n) is 9.67. The third-order valence-corrected chi connectivity index (χ3v) is 6.94. The zero-order valence-electron chi connectivity index (χ0n) is 20.3. The molecule has 1 fully saturated rings. The van der Waals surface area contributed by atoms with Crippen LogP contribution in [0.4, 0.5) is 4.79 Å². The van der Waals surface area contributed by atoms with Crippen molar-refractivity contribution in [1.29, 1.82) is 0 Å². The zero-order valence-corrected chi connectivity index (χ0v) is 21.1. The van der Waals surface area contributed by atoms with Crippen LogP contribution in [-0.4, -0.2) is 56.5 Å². The maximum absolute atomic E-state index is 13.7. The maximum Gasteiger partial charge on any atom is 0.410 e. The van der Waals surface area contributed by atoms with Crippen LogP contribution < -0.4 is 0 Å². The van der Waals surface area contributed by atoms with Gasteiger partial charge in [-0.15, -0.1) is 11.3 Å². The Balaban J connectivity index is 1.54. The predicted octanol–water partition coefficient (Wildman–Crippen LogP) is 5.30. The number of aromatic nitrogens is 2. The van der Waals surface area contributed by atoms with Gasteiger partial charge in [-0.25, -0.2) is 9.78 Å². The van der Waals surface area contributed by atoms with Crippen molar-refractivity contribution in [3.05, 3.63) is 58.9 Å². The Morgan fingerprint density at radius 1 is 1.18 bits per heavy atom. The van der Waals surface area contributed by atoms with Crippen molar-refractivity contribution in [3.8, 4) is 0 Å². The standard InChI is InChI=1S/C26H32N4O3S/c1-5-18-8-9-21-22(15-18)34-23(28-21)24(31)30(17-19-7-6-12-27-16-19)20-10-13-29(14-11-20)25(32)33-26(2,3)4/h6-9,12,15-16,20H,5,10-11,13-14,17H2,1-4H3. The number of benzene rings is 1. The van der Waals surface area contributed by atoms with Gasteiger partial charge in [0.2, 0.25) is 0 Å². The fourth-order valence-corrected chi connectivity index (χ4v) is 5.13. The van der Waals surface area contributed by atoms with E-state index in [1.807, 2.05) is 43.9 Å². The second kappa shape index (κ2) is 10.1. The molecule has 0 radical (unpaired) electrons. The predicted molar refractivity (Wildman–Crippen MR) is 134 cm³/mol. The summed E-state index contributed by atoms with van der Waals surface area (Å²) < 4.78 is 6.56. The van der Waals surface area contributed by atoms with Crippen molar-refractivity contribution in [2.24, 2.45) is 0 Å². The first-order valence-corrected chi connectivity index (χ1v) is 12.6. The van der Waals surface area contributed by atoms with Gasteiger partial charge in [0.1, 0.15) is 5.60 Å². The Morgan fingerprint density at radius 2 is 1.94 bits per heavy atom. The van der Waals surface area contributed by atoms with Gasteiger partial charge in [0.05, 0.1) is 10.2 Å². The number of likely N-dealkylation sites (tertiary alicyclic amines) is 1. The molecule has 3 heterocycles. The Labute approximate surface area is 204 Å². The fraction of sp³-hybridized carbons (Fsp3) is 0.462. The molecule has 0 bridgehead atoms. The lowest BCUT2D eigenvalue weighted by Gasteiger charge is -2.38. The number of hydrogen-bond acceptors (Lipinski definition) is 6. The van der Waals surface area contributed by atoms with E-state index >= 15 is 0 Å². The van der Waals surface area contributed by atoms with E-state index in [0.717, 1.165) is 22.2 Å². The molecular weight excluding hydrogens is 448 g/mol. The van der Waals surface area contributed by atoms with Gasteiger partial charge >= 0.3 is 6.09 Å². The van der Waals surface area contributed by atoms with Crippen LogP contribution in [0.3, 0.4) is 0 Å². The molecule has 8 heteroatoms. The van der Waals surface area contributed by atoms with Gasteiger partial charge < -0.3 is 14.5 Å². The molecule has 1 aromatic carbocycles. The summed E-state index contributed by atoms with van der Waals surface area (Å²) in [5.41, 5.74) is 2.53. The van der Waals surface area contributed by atoms with Crippen molar-refractivity contribution >= 4 is 33.6 Å². The normalized spacial score (nSPS) is 14.9. The van der Waals surface area contributed by atoms with E-state index in [1.54, 1.807) is 17.3 Å². The number of amides is 2. The van der Waals surface area contributed by atoms with E-state index in [9.17, 15) is 9.59 Å². The Kier molecular flexibility index (Phi) is 7.16. The summed E-state index contributed by atoms with van der Waals surface area (Å²) in [5.74, 6) is -0.0705. The molecule has 0 unspecified atom stereocenters. The molecule has 2 amide bonds. The number of aryl methyl sites for hydroxylation is 1. The summed E-state index contributed by atoms with van der Waals surface area (Å²) >= 11 is 1.45. The van der Waals surface area contributed by atoms with E-state index < -0.39 is 5.60 Å². The first kappa shape index (κ1) is 24.1. The molecule has 0 atom stereocenters. The molecule has 1 aliphatic heterocycles. The monoisotopic (exact) mass is 480 g/mol. The van der Waals surface area contributed by atoms with Gasteiger partial charge in [0.25, 0.3) is 5.91 Å². The maximum atomic E-state index is 13.7. The highest BCUT2D eigenvalue weighted by atomic mass is 32.1. The molecule has 0 aliphatic carbocycles.